The number of aryl methyl sites for hydroxylation is 1. The topological polar surface area (TPSA) is 25.4 Å². The molecule has 1 aliphatic carbocycles. The molecule has 0 atom stereocenters. The molecule has 1 heterocycles. The van der Waals surface area contributed by atoms with Gasteiger partial charge in [0.15, 0.2) is 5.75 Å². The molecule has 0 N–H and O–H groups in total. The first-order chi connectivity index (χ1) is 7.22. The van der Waals surface area contributed by atoms with Gasteiger partial charge in [0.1, 0.15) is 0 Å². The largest absolute Gasteiger partial charge is 0.486 e. The molecular weight excluding hydrogens is 188 g/mol. The molecule has 0 bridgehead atoms. The molecule has 3 nitrogen and oxygen atoms in total. The lowest BCUT2D eigenvalue weighted by molar-refractivity contribution is 0.299. The third-order valence-electron chi connectivity index (χ3n) is 2.58. The lowest BCUT2D eigenvalue weighted by atomic mass is 10.2. The number of pyridine rings is 1. The molecule has 3 heteroatoms. The van der Waals surface area contributed by atoms with Crippen molar-refractivity contribution in [2.75, 3.05) is 19.0 Å². The highest BCUT2D eigenvalue weighted by molar-refractivity contribution is 5.59. The zero-order valence-corrected chi connectivity index (χ0v) is 9.66. The van der Waals surface area contributed by atoms with E-state index in [2.05, 4.69) is 16.8 Å². The summed E-state index contributed by atoms with van der Waals surface area (Å²) in [6, 6.07) is 2.01. The SMILES string of the molecule is CCc1nccc(N(C)C)c1OC1CC1. The highest BCUT2D eigenvalue weighted by Gasteiger charge is 2.26. The molecule has 0 unspecified atom stereocenters. The van der Waals surface area contributed by atoms with E-state index in [1.807, 2.05) is 26.4 Å². The van der Waals surface area contributed by atoms with Crippen molar-refractivity contribution in [2.45, 2.75) is 32.3 Å². The van der Waals surface area contributed by atoms with Gasteiger partial charge < -0.3 is 9.64 Å². The summed E-state index contributed by atoms with van der Waals surface area (Å²) >= 11 is 0. The zero-order chi connectivity index (χ0) is 10.8. The molecule has 1 saturated carbocycles. The Morgan fingerprint density at radius 1 is 1.47 bits per heavy atom. The van der Waals surface area contributed by atoms with E-state index in [-0.39, 0.29) is 0 Å². The van der Waals surface area contributed by atoms with Crippen LogP contribution < -0.4 is 9.64 Å². The summed E-state index contributed by atoms with van der Waals surface area (Å²) in [4.78, 5) is 6.45. The predicted molar refractivity (Wildman–Crippen MR) is 61.6 cm³/mol. The van der Waals surface area contributed by atoms with Gasteiger partial charge in [-0.25, -0.2) is 0 Å². The molecule has 0 amide bonds. The van der Waals surface area contributed by atoms with Crippen molar-refractivity contribution >= 4 is 5.69 Å². The molecule has 0 spiro atoms. The zero-order valence-electron chi connectivity index (χ0n) is 9.66. The Morgan fingerprint density at radius 3 is 2.73 bits per heavy atom. The highest BCUT2D eigenvalue weighted by Crippen LogP contribution is 2.35. The molecule has 15 heavy (non-hydrogen) atoms. The molecule has 0 aromatic carbocycles. The van der Waals surface area contributed by atoms with E-state index < -0.39 is 0 Å². The molecule has 1 aromatic rings. The maximum absolute atomic E-state index is 5.94. The number of hydrogen-bond donors (Lipinski definition) is 0. The van der Waals surface area contributed by atoms with Crippen molar-refractivity contribution in [3.63, 3.8) is 0 Å². The standard InChI is InChI=1S/C12H18N2O/c1-4-10-12(15-9-5-6-9)11(14(2)3)7-8-13-10/h7-9H,4-6H2,1-3H3. The van der Waals surface area contributed by atoms with E-state index in [1.54, 1.807) is 0 Å². The molecule has 0 saturated heterocycles. The summed E-state index contributed by atoms with van der Waals surface area (Å²) in [5.74, 6) is 0.979. The second-order valence-corrected chi connectivity index (χ2v) is 4.17. The Morgan fingerprint density at radius 2 is 2.20 bits per heavy atom. The van der Waals surface area contributed by atoms with Gasteiger partial charge in [-0.15, -0.1) is 0 Å². The maximum Gasteiger partial charge on any atom is 0.164 e. The van der Waals surface area contributed by atoms with Gasteiger partial charge in [0.05, 0.1) is 17.5 Å². The lowest BCUT2D eigenvalue weighted by Gasteiger charge is -2.19. The molecule has 1 aromatic heterocycles. The first-order valence-corrected chi connectivity index (χ1v) is 5.54. The predicted octanol–water partition coefficient (Wildman–Crippen LogP) is 2.25. The van der Waals surface area contributed by atoms with Crippen molar-refractivity contribution in [2.24, 2.45) is 0 Å². The minimum atomic E-state index is 0.429. The third kappa shape index (κ3) is 2.22. The number of ether oxygens (including phenoxy) is 1. The van der Waals surface area contributed by atoms with Crippen molar-refractivity contribution in [3.8, 4) is 5.75 Å². The Hall–Kier alpha value is -1.25. The fraction of sp³-hybridized carbons (Fsp3) is 0.583. The minimum Gasteiger partial charge on any atom is -0.486 e. The number of rotatable bonds is 4. The van der Waals surface area contributed by atoms with Crippen molar-refractivity contribution in [1.82, 2.24) is 4.98 Å². The van der Waals surface area contributed by atoms with Crippen LogP contribution in [0.4, 0.5) is 5.69 Å². The van der Waals surface area contributed by atoms with Crippen LogP contribution in [0.15, 0.2) is 12.3 Å². The van der Waals surface area contributed by atoms with E-state index >= 15 is 0 Å². The Labute approximate surface area is 91.1 Å². The van der Waals surface area contributed by atoms with Crippen LogP contribution in [0.25, 0.3) is 0 Å². The second kappa shape index (κ2) is 4.09. The van der Waals surface area contributed by atoms with Crippen LogP contribution in [-0.2, 0) is 6.42 Å². The van der Waals surface area contributed by atoms with Crippen molar-refractivity contribution in [3.05, 3.63) is 18.0 Å². The number of nitrogens with zero attached hydrogens (tertiary/aromatic N) is 2. The van der Waals surface area contributed by atoms with Gasteiger partial charge in [0.2, 0.25) is 0 Å². The quantitative estimate of drug-likeness (QED) is 0.755. The Bertz CT molecular complexity index is 345. The van der Waals surface area contributed by atoms with E-state index in [0.717, 1.165) is 23.6 Å². The van der Waals surface area contributed by atoms with Gasteiger partial charge in [-0.3, -0.25) is 4.98 Å². The number of anilines is 1. The monoisotopic (exact) mass is 206 g/mol. The molecule has 2 rings (SSSR count). The molecule has 1 fully saturated rings. The number of hydrogen-bond acceptors (Lipinski definition) is 3. The highest BCUT2D eigenvalue weighted by atomic mass is 16.5. The van der Waals surface area contributed by atoms with Crippen LogP contribution in [0.1, 0.15) is 25.5 Å². The Balaban J connectivity index is 2.34. The smallest absolute Gasteiger partial charge is 0.164 e. The fourth-order valence-electron chi connectivity index (χ4n) is 1.56. The fourth-order valence-corrected chi connectivity index (χ4v) is 1.56. The summed E-state index contributed by atoms with van der Waals surface area (Å²) in [6.45, 7) is 2.11. The van der Waals surface area contributed by atoms with Crippen LogP contribution in [0.5, 0.6) is 5.75 Å². The van der Waals surface area contributed by atoms with Crippen LogP contribution in [0.2, 0.25) is 0 Å². The first kappa shape index (κ1) is 10.3. The van der Waals surface area contributed by atoms with Crippen molar-refractivity contribution < 1.29 is 4.74 Å². The van der Waals surface area contributed by atoms with Crippen LogP contribution in [0, 0.1) is 0 Å². The molecular formula is C12H18N2O. The molecule has 1 aliphatic rings. The van der Waals surface area contributed by atoms with E-state index in [9.17, 15) is 0 Å². The average molecular weight is 206 g/mol. The lowest BCUT2D eigenvalue weighted by Crippen LogP contribution is -2.13. The molecule has 0 radical (unpaired) electrons. The van der Waals surface area contributed by atoms with E-state index in [4.69, 9.17) is 4.74 Å². The molecule has 0 aliphatic heterocycles. The van der Waals surface area contributed by atoms with Gasteiger partial charge in [-0.05, 0) is 25.3 Å². The molecule has 82 valence electrons. The minimum absolute atomic E-state index is 0.429. The van der Waals surface area contributed by atoms with Crippen LogP contribution in [-0.4, -0.2) is 25.2 Å². The third-order valence-corrected chi connectivity index (χ3v) is 2.58. The first-order valence-electron chi connectivity index (χ1n) is 5.54. The number of aromatic nitrogens is 1. The maximum atomic E-state index is 5.94. The van der Waals surface area contributed by atoms with Gasteiger partial charge in [-0.2, -0.15) is 0 Å². The van der Waals surface area contributed by atoms with Gasteiger partial charge in [0, 0.05) is 20.3 Å². The Kier molecular flexibility index (Phi) is 2.80. The van der Waals surface area contributed by atoms with Crippen LogP contribution in [0.3, 0.4) is 0 Å². The second-order valence-electron chi connectivity index (χ2n) is 4.17. The summed E-state index contributed by atoms with van der Waals surface area (Å²) < 4.78 is 5.94. The van der Waals surface area contributed by atoms with Crippen LogP contribution >= 0.6 is 0 Å². The summed E-state index contributed by atoms with van der Waals surface area (Å²) in [6.07, 6.45) is 5.58. The van der Waals surface area contributed by atoms with E-state index in [1.165, 1.54) is 12.8 Å². The summed E-state index contributed by atoms with van der Waals surface area (Å²) in [7, 11) is 4.07. The summed E-state index contributed by atoms with van der Waals surface area (Å²) in [5, 5.41) is 0. The van der Waals surface area contributed by atoms with Gasteiger partial charge in [-0.1, -0.05) is 6.92 Å². The van der Waals surface area contributed by atoms with E-state index in [0.29, 0.717) is 6.10 Å². The normalized spacial score (nSPS) is 15.1. The summed E-state index contributed by atoms with van der Waals surface area (Å²) in [5.41, 5.74) is 2.20. The average Bonchev–Trinajstić information content (AvgIpc) is 3.01. The van der Waals surface area contributed by atoms with Crippen molar-refractivity contribution in [1.29, 1.82) is 0 Å². The van der Waals surface area contributed by atoms with Gasteiger partial charge >= 0.3 is 0 Å². The van der Waals surface area contributed by atoms with Gasteiger partial charge in [0.25, 0.3) is 0 Å².